The highest BCUT2D eigenvalue weighted by molar-refractivity contribution is 6.23. The lowest BCUT2D eigenvalue weighted by molar-refractivity contribution is -0.158. The zero-order chi connectivity index (χ0) is 45.4. The monoisotopic (exact) mass is 860 g/mol. The van der Waals surface area contributed by atoms with E-state index in [1.54, 1.807) is 45.9 Å². The molecule has 4 heterocycles. The number of nitrogens with one attached hydrogen (secondary N) is 1. The second-order valence-electron chi connectivity index (χ2n) is 17.9. The van der Waals surface area contributed by atoms with Crippen LogP contribution in [0.4, 0.5) is 5.69 Å². The topological polar surface area (TPSA) is 211 Å². The molecule has 9 atom stereocenters. The number of benzene rings is 2. The number of esters is 1. The number of allylic oxidation sites excluding steroid dienone is 3. The zero-order valence-corrected chi connectivity index (χ0v) is 37.3. The Balaban J connectivity index is 1.46. The summed E-state index contributed by atoms with van der Waals surface area (Å²) in [7, 11) is 0. The van der Waals surface area contributed by atoms with Crippen LogP contribution in [0.3, 0.4) is 0 Å². The first-order chi connectivity index (χ1) is 29.3. The molecule has 5 aliphatic rings. The van der Waals surface area contributed by atoms with Crippen LogP contribution in [0.1, 0.15) is 103 Å². The van der Waals surface area contributed by atoms with Crippen molar-refractivity contribution in [2.45, 2.75) is 118 Å². The maximum Gasteiger partial charge on any atom is 0.312 e. The largest absolute Gasteiger partial charge is 0.507 e. The van der Waals surface area contributed by atoms with Gasteiger partial charge in [0.25, 0.3) is 11.7 Å². The number of aliphatic hydroxyl groups excluding tert-OH is 2. The van der Waals surface area contributed by atoms with Gasteiger partial charge in [-0.05, 0) is 44.6 Å². The molecule has 1 saturated carbocycles. The quantitative estimate of drug-likeness (QED) is 0.0868. The number of nitrogens with zero attached hydrogens (tertiary/aromatic N) is 3. The average Bonchev–Trinajstić information content (AvgIpc) is 3.88. The lowest BCUT2D eigenvalue weighted by Crippen LogP contribution is -2.47. The van der Waals surface area contributed by atoms with Gasteiger partial charge in [0.2, 0.25) is 0 Å². The summed E-state index contributed by atoms with van der Waals surface area (Å²) in [5.41, 5.74) is -0.206. The molecule has 15 heteroatoms. The summed E-state index contributed by atoms with van der Waals surface area (Å²) in [4.78, 5) is 43.1. The summed E-state index contributed by atoms with van der Waals surface area (Å²) in [5.74, 6) is -8.04. The van der Waals surface area contributed by atoms with Crippen LogP contribution >= 0.6 is 0 Å². The number of hydrogen-bond acceptors (Lipinski definition) is 14. The number of piperazine rings is 1. The summed E-state index contributed by atoms with van der Waals surface area (Å²) in [6, 6.07) is 0.560. The van der Waals surface area contributed by atoms with E-state index in [4.69, 9.17) is 14.2 Å². The highest BCUT2D eigenvalue weighted by Gasteiger charge is 2.50. The molecular formula is C47H64N4O11. The number of aromatic hydroxyl groups is 3. The second-order valence-corrected chi connectivity index (χ2v) is 17.9. The molecule has 7 rings (SSSR count). The Morgan fingerprint density at radius 1 is 0.887 bits per heavy atom. The van der Waals surface area contributed by atoms with Crippen LogP contribution < -0.4 is 10.1 Å². The smallest absolute Gasteiger partial charge is 0.312 e. The Kier molecular flexibility index (Phi) is 14.0. The summed E-state index contributed by atoms with van der Waals surface area (Å²) < 4.78 is 18.0. The van der Waals surface area contributed by atoms with Crippen LogP contribution in [0.15, 0.2) is 41.2 Å². The van der Waals surface area contributed by atoms with Crippen LogP contribution in [0, 0.1) is 36.5 Å². The Morgan fingerprint density at radius 3 is 2.19 bits per heavy atom. The molecule has 0 spiro atoms. The SMILES string of the molecule is CC(=O)O[C@H]1[C@H](C)[C@H](O)[C@H](C)[C@@H](O)[C@@H](C)/C=C/C=C(/C)C(=O)Nc2c(/C=N\N3CCN(C4CCCC4)CC3)c(O)c3c4c(c(C)c(O)c3c2O)O[C@](C)(O/C=C/[C@H](C)[C@H]1C)C4=O. The molecule has 2 aromatic rings. The number of carbonyl (C=O) groups excluding carboxylic acids is 3. The molecule has 62 heavy (non-hydrogen) atoms. The van der Waals surface area contributed by atoms with Gasteiger partial charge in [-0.25, -0.2) is 0 Å². The minimum atomic E-state index is -1.99. The van der Waals surface area contributed by atoms with Crippen molar-refractivity contribution < 1.29 is 54.1 Å². The first-order valence-electron chi connectivity index (χ1n) is 21.8. The summed E-state index contributed by atoms with van der Waals surface area (Å²) in [6.07, 6.45) is 11.1. The standard InChI is InChI=1S/C47H64N4O11/c1-24-17-22-60-47(9)45(58)36-34-35(40(55)30(7)44(36)62-47)42(57)37(33(41(34)56)23-48-51-20-18-50(19-21-51)32-15-10-11-16-32)49-46(59)26(3)14-12-13-25(2)38(53)28(5)39(54)29(6)43(27(24)4)61-31(8)52/h12-14,17,22-25,27-29,32,38-39,43,53-57H,10-11,15-16,18-21H2,1-9H3,(H,49,59)/b13-12+,22-17+,26-14-,48-23-/t24-,25-,27+,28+,29+,38-,39+,43+,47-/m0/s1. The van der Waals surface area contributed by atoms with Crippen molar-refractivity contribution in [2.24, 2.45) is 34.7 Å². The Bertz CT molecular complexity index is 2170. The first kappa shape index (κ1) is 46.4. The molecule has 0 aromatic heterocycles. The molecule has 1 amide bonds. The molecule has 15 nitrogen and oxygen atoms in total. The van der Waals surface area contributed by atoms with Gasteiger partial charge >= 0.3 is 11.8 Å². The van der Waals surface area contributed by atoms with E-state index >= 15 is 0 Å². The number of hydrogen-bond donors (Lipinski definition) is 6. The molecule has 0 unspecified atom stereocenters. The van der Waals surface area contributed by atoms with Gasteiger partial charge in [0.1, 0.15) is 23.4 Å². The molecule has 5 bridgehead atoms. The maximum absolute atomic E-state index is 14.5. The maximum atomic E-state index is 14.5. The Labute approximate surface area is 363 Å². The third-order valence-electron chi connectivity index (χ3n) is 13.7. The van der Waals surface area contributed by atoms with E-state index in [-0.39, 0.29) is 56.3 Å². The normalized spacial score (nSPS) is 32.7. The van der Waals surface area contributed by atoms with Gasteiger partial charge in [-0.1, -0.05) is 65.7 Å². The fourth-order valence-corrected chi connectivity index (χ4v) is 9.34. The van der Waals surface area contributed by atoms with Crippen LogP contribution in [0.2, 0.25) is 0 Å². The minimum absolute atomic E-state index is 0.0610. The zero-order valence-electron chi connectivity index (χ0n) is 37.3. The molecule has 2 aromatic carbocycles. The third-order valence-corrected chi connectivity index (χ3v) is 13.7. The molecule has 338 valence electrons. The number of ether oxygens (including phenoxy) is 3. The minimum Gasteiger partial charge on any atom is -0.507 e. The number of rotatable bonds is 4. The molecule has 0 radical (unpaired) electrons. The number of fused-ring (bicyclic) bond motifs is 14. The van der Waals surface area contributed by atoms with Crippen molar-refractivity contribution in [2.75, 3.05) is 31.5 Å². The molecule has 4 aliphatic heterocycles. The lowest BCUT2D eigenvalue weighted by atomic mass is 9.77. The molecule has 6 N–H and O–H groups in total. The van der Waals surface area contributed by atoms with E-state index < -0.39 is 76.8 Å². The van der Waals surface area contributed by atoms with E-state index in [2.05, 4.69) is 15.3 Å². The molecule has 2 fully saturated rings. The third kappa shape index (κ3) is 9.02. The van der Waals surface area contributed by atoms with Crippen molar-refractivity contribution in [1.29, 1.82) is 0 Å². The van der Waals surface area contributed by atoms with Crippen molar-refractivity contribution in [3.8, 4) is 23.0 Å². The highest BCUT2D eigenvalue weighted by Crippen LogP contribution is 2.55. The van der Waals surface area contributed by atoms with Gasteiger partial charge in [0, 0.05) is 80.3 Å². The van der Waals surface area contributed by atoms with E-state index in [0.29, 0.717) is 19.1 Å². The van der Waals surface area contributed by atoms with Crippen LogP contribution in [-0.4, -0.2) is 116 Å². The van der Waals surface area contributed by atoms with Crippen LogP contribution in [0.5, 0.6) is 23.0 Å². The molecular weight excluding hydrogens is 797 g/mol. The van der Waals surface area contributed by atoms with Crippen molar-refractivity contribution in [3.05, 3.63) is 52.8 Å². The van der Waals surface area contributed by atoms with Gasteiger partial charge in [-0.15, -0.1) is 0 Å². The summed E-state index contributed by atoms with van der Waals surface area (Å²) >= 11 is 0. The Hall–Kier alpha value is -5.12. The van der Waals surface area contributed by atoms with E-state index in [9.17, 15) is 39.9 Å². The van der Waals surface area contributed by atoms with Crippen molar-refractivity contribution in [1.82, 2.24) is 9.91 Å². The number of ketones is 1. The fourth-order valence-electron chi connectivity index (χ4n) is 9.34. The van der Waals surface area contributed by atoms with Crippen LogP contribution in [0.25, 0.3) is 10.8 Å². The lowest BCUT2D eigenvalue weighted by Gasteiger charge is -2.37. The van der Waals surface area contributed by atoms with Gasteiger partial charge in [-0.2, -0.15) is 5.10 Å². The van der Waals surface area contributed by atoms with Crippen LogP contribution in [-0.2, 0) is 19.1 Å². The van der Waals surface area contributed by atoms with E-state index in [0.717, 1.165) is 13.1 Å². The number of phenols is 3. The summed E-state index contributed by atoms with van der Waals surface area (Å²) in [5, 5.41) is 67.5. The predicted octanol–water partition coefficient (Wildman–Crippen LogP) is 6.27. The highest BCUT2D eigenvalue weighted by atomic mass is 16.7. The second kappa shape index (κ2) is 18.7. The van der Waals surface area contributed by atoms with Crippen molar-refractivity contribution in [3.63, 3.8) is 0 Å². The number of amides is 1. The molecule has 1 aliphatic carbocycles. The fraction of sp³-hybridized carbons (Fsp3) is 0.574. The predicted molar refractivity (Wildman–Crippen MR) is 235 cm³/mol. The summed E-state index contributed by atoms with van der Waals surface area (Å²) in [6.45, 7) is 17.5. The van der Waals surface area contributed by atoms with Gasteiger partial charge < -0.3 is 45.1 Å². The Morgan fingerprint density at radius 2 is 1.55 bits per heavy atom. The van der Waals surface area contributed by atoms with Crippen molar-refractivity contribution >= 4 is 40.3 Å². The average molecular weight is 861 g/mol. The number of phenolic OH excluding ortho intramolecular Hbond substituents is 3. The van der Waals surface area contributed by atoms with E-state index in [1.807, 2.05) is 18.9 Å². The number of aliphatic hydroxyl groups is 2. The first-order valence-corrected chi connectivity index (χ1v) is 21.8. The van der Waals surface area contributed by atoms with E-state index in [1.165, 1.54) is 65.0 Å². The van der Waals surface area contributed by atoms with Gasteiger partial charge in [-0.3, -0.25) is 24.3 Å². The number of carbonyl (C=O) groups is 3. The number of hydrazone groups is 1. The number of anilines is 1. The van der Waals surface area contributed by atoms with Gasteiger partial charge in [0.05, 0.1) is 46.9 Å². The number of Topliss-reactive ketones (excluding diaryl/α,β-unsaturated/α-hetero) is 1. The molecule has 1 saturated heterocycles. The van der Waals surface area contributed by atoms with Gasteiger partial charge in [0.15, 0.2) is 5.75 Å².